The third-order valence-electron chi connectivity index (χ3n) is 6.87. The zero-order valence-electron chi connectivity index (χ0n) is 18.5. The van der Waals surface area contributed by atoms with E-state index in [1.54, 1.807) is 6.20 Å². The molecule has 0 spiro atoms. The first-order chi connectivity index (χ1) is 15.4. The summed E-state index contributed by atoms with van der Waals surface area (Å²) in [6.07, 6.45) is 6.33. The smallest absolute Gasteiger partial charge is 0.412 e. The largest absolute Gasteiger partial charge is 0.465 e. The van der Waals surface area contributed by atoms with Crippen LogP contribution in [-0.2, 0) is 13.0 Å². The molecule has 1 saturated heterocycles. The summed E-state index contributed by atoms with van der Waals surface area (Å²) in [5, 5.41) is 18.2. The maximum Gasteiger partial charge on any atom is 0.412 e. The molecular formula is C23H29ClN6O2. The predicted octanol–water partition coefficient (Wildman–Crippen LogP) is 4.43. The minimum atomic E-state index is -0.903. The monoisotopic (exact) mass is 456 g/mol. The van der Waals surface area contributed by atoms with Crippen LogP contribution in [-0.4, -0.2) is 49.7 Å². The van der Waals surface area contributed by atoms with E-state index < -0.39 is 6.09 Å². The summed E-state index contributed by atoms with van der Waals surface area (Å²) in [4.78, 5) is 18.6. The van der Waals surface area contributed by atoms with E-state index in [2.05, 4.69) is 28.0 Å². The molecule has 2 aliphatic rings. The molecule has 1 amide bonds. The number of carboxylic acid groups (broad SMARTS) is 1. The third kappa shape index (κ3) is 3.65. The van der Waals surface area contributed by atoms with Crippen molar-refractivity contribution in [1.29, 1.82) is 0 Å². The van der Waals surface area contributed by atoms with Crippen LogP contribution in [0.1, 0.15) is 56.5 Å². The third-order valence-corrected chi connectivity index (χ3v) is 7.06. The van der Waals surface area contributed by atoms with E-state index in [0.29, 0.717) is 17.6 Å². The number of piperidine rings is 1. The number of hydrogen-bond donors (Lipinski definition) is 2. The second-order valence-electron chi connectivity index (χ2n) is 9.07. The quantitative estimate of drug-likeness (QED) is 0.606. The van der Waals surface area contributed by atoms with Crippen molar-refractivity contribution >= 4 is 34.4 Å². The number of carbonyl (C=O) groups is 1. The molecule has 9 heteroatoms. The van der Waals surface area contributed by atoms with Gasteiger partial charge in [-0.25, -0.2) is 9.78 Å². The SMILES string of the molecule is C[C@@H](Cn1cc(Cl)cn1)c1nc2c3c(ccc2n1C1CCNCC1)N(C(=O)O)[C@@H](C)CC3. The molecule has 2 atom stereocenters. The molecule has 0 radical (unpaired) electrons. The number of aromatic nitrogens is 4. The van der Waals surface area contributed by atoms with Crippen LogP contribution in [0.15, 0.2) is 24.5 Å². The summed E-state index contributed by atoms with van der Waals surface area (Å²) in [5.41, 5.74) is 3.87. The standard InChI is InChI=1S/C23H29ClN6O2/c1-14(12-28-13-16(24)11-26-28)22-27-21-18-4-3-15(2)29(23(31)32)19(18)5-6-20(21)30(22)17-7-9-25-10-8-17/h5-6,11,13-15,17,25H,3-4,7-10,12H2,1-2H3,(H,31,32)/t14-,15-/m0/s1. The van der Waals surface area contributed by atoms with Gasteiger partial charge < -0.3 is 15.0 Å². The Morgan fingerprint density at radius 1 is 1.31 bits per heavy atom. The average Bonchev–Trinajstić information content (AvgIpc) is 3.37. The lowest BCUT2D eigenvalue weighted by Crippen LogP contribution is -2.41. The van der Waals surface area contributed by atoms with E-state index in [1.807, 2.05) is 23.9 Å². The van der Waals surface area contributed by atoms with Crippen LogP contribution in [0.3, 0.4) is 0 Å². The highest BCUT2D eigenvalue weighted by Crippen LogP contribution is 2.39. The van der Waals surface area contributed by atoms with Gasteiger partial charge in [0.15, 0.2) is 0 Å². The van der Waals surface area contributed by atoms with Gasteiger partial charge in [0.1, 0.15) is 5.82 Å². The van der Waals surface area contributed by atoms with Crippen LogP contribution in [0, 0.1) is 0 Å². The minimum Gasteiger partial charge on any atom is -0.465 e. The number of nitrogens with zero attached hydrogens (tertiary/aromatic N) is 5. The maximum atomic E-state index is 12.0. The lowest BCUT2D eigenvalue weighted by molar-refractivity contribution is 0.198. The van der Waals surface area contributed by atoms with E-state index in [9.17, 15) is 9.90 Å². The summed E-state index contributed by atoms with van der Waals surface area (Å²) >= 11 is 6.07. The highest BCUT2D eigenvalue weighted by molar-refractivity contribution is 6.30. The van der Waals surface area contributed by atoms with Crippen LogP contribution < -0.4 is 10.2 Å². The van der Waals surface area contributed by atoms with Gasteiger partial charge in [0.2, 0.25) is 0 Å². The highest BCUT2D eigenvalue weighted by atomic mass is 35.5. The zero-order valence-corrected chi connectivity index (χ0v) is 19.2. The molecule has 32 heavy (non-hydrogen) atoms. The lowest BCUT2D eigenvalue weighted by Gasteiger charge is -2.33. The molecule has 0 bridgehead atoms. The Balaban J connectivity index is 1.64. The predicted molar refractivity (Wildman–Crippen MR) is 125 cm³/mol. The van der Waals surface area contributed by atoms with Gasteiger partial charge >= 0.3 is 6.09 Å². The number of benzene rings is 1. The number of aryl methyl sites for hydroxylation is 1. The van der Waals surface area contributed by atoms with Crippen molar-refractivity contribution in [2.75, 3.05) is 18.0 Å². The van der Waals surface area contributed by atoms with Crippen LogP contribution >= 0.6 is 11.6 Å². The molecule has 4 heterocycles. The van der Waals surface area contributed by atoms with Crippen LogP contribution in [0.2, 0.25) is 5.02 Å². The summed E-state index contributed by atoms with van der Waals surface area (Å²) in [6.45, 7) is 6.80. The Morgan fingerprint density at radius 3 is 2.78 bits per heavy atom. The summed E-state index contributed by atoms with van der Waals surface area (Å²) in [7, 11) is 0. The first-order valence-electron chi connectivity index (χ1n) is 11.4. The number of nitrogens with one attached hydrogen (secondary N) is 1. The van der Waals surface area contributed by atoms with Gasteiger partial charge in [-0.05, 0) is 57.8 Å². The van der Waals surface area contributed by atoms with Gasteiger partial charge in [-0.2, -0.15) is 5.10 Å². The van der Waals surface area contributed by atoms with Crippen molar-refractivity contribution in [1.82, 2.24) is 24.6 Å². The number of imidazole rings is 1. The number of rotatable bonds is 4. The molecule has 0 unspecified atom stereocenters. The first-order valence-corrected chi connectivity index (χ1v) is 11.8. The fourth-order valence-corrected chi connectivity index (χ4v) is 5.46. The van der Waals surface area contributed by atoms with Gasteiger partial charge in [-0.15, -0.1) is 0 Å². The molecule has 3 aromatic rings. The molecule has 0 saturated carbocycles. The first kappa shape index (κ1) is 21.3. The van der Waals surface area contributed by atoms with Crippen molar-refractivity contribution in [3.8, 4) is 0 Å². The number of amides is 1. The fraction of sp³-hybridized carbons (Fsp3) is 0.522. The summed E-state index contributed by atoms with van der Waals surface area (Å²) in [6, 6.07) is 4.38. The van der Waals surface area contributed by atoms with E-state index in [1.165, 1.54) is 4.90 Å². The van der Waals surface area contributed by atoms with Gasteiger partial charge in [0.25, 0.3) is 0 Å². The van der Waals surface area contributed by atoms with Gasteiger partial charge in [0.05, 0.1) is 34.5 Å². The van der Waals surface area contributed by atoms with E-state index in [4.69, 9.17) is 16.6 Å². The van der Waals surface area contributed by atoms with Crippen molar-refractivity contribution in [3.05, 3.63) is 40.9 Å². The number of hydrogen-bond acceptors (Lipinski definition) is 4. The highest BCUT2D eigenvalue weighted by Gasteiger charge is 2.32. The van der Waals surface area contributed by atoms with Crippen LogP contribution in [0.4, 0.5) is 10.5 Å². The molecule has 5 rings (SSSR count). The summed E-state index contributed by atoms with van der Waals surface area (Å²) < 4.78 is 4.28. The fourth-order valence-electron chi connectivity index (χ4n) is 5.30. The number of halogens is 1. The Bertz CT molecular complexity index is 1150. The van der Waals surface area contributed by atoms with Crippen molar-refractivity contribution in [2.24, 2.45) is 0 Å². The van der Waals surface area contributed by atoms with Crippen molar-refractivity contribution in [2.45, 2.75) is 64.1 Å². The normalized spacial score (nSPS) is 20.5. The summed E-state index contributed by atoms with van der Waals surface area (Å²) in [5.74, 6) is 1.16. The number of anilines is 1. The van der Waals surface area contributed by atoms with Gasteiger partial charge in [-0.3, -0.25) is 9.58 Å². The molecule has 2 aromatic heterocycles. The Hall–Kier alpha value is -2.58. The molecule has 8 nitrogen and oxygen atoms in total. The Kier molecular flexibility index (Phi) is 5.59. The van der Waals surface area contributed by atoms with Crippen LogP contribution in [0.5, 0.6) is 0 Å². The molecule has 1 fully saturated rings. The molecule has 2 N–H and O–H groups in total. The average molecular weight is 457 g/mol. The van der Waals surface area contributed by atoms with Crippen molar-refractivity contribution in [3.63, 3.8) is 0 Å². The molecule has 0 aliphatic carbocycles. The molecule has 170 valence electrons. The van der Waals surface area contributed by atoms with Gasteiger partial charge in [0, 0.05) is 29.8 Å². The zero-order chi connectivity index (χ0) is 22.4. The molecule has 1 aromatic carbocycles. The second-order valence-corrected chi connectivity index (χ2v) is 9.51. The minimum absolute atomic E-state index is 0.0353. The second kappa shape index (κ2) is 8.41. The van der Waals surface area contributed by atoms with E-state index >= 15 is 0 Å². The van der Waals surface area contributed by atoms with E-state index in [-0.39, 0.29) is 12.0 Å². The van der Waals surface area contributed by atoms with Gasteiger partial charge in [-0.1, -0.05) is 18.5 Å². The van der Waals surface area contributed by atoms with E-state index in [0.717, 1.165) is 66.9 Å². The maximum absolute atomic E-state index is 12.0. The van der Waals surface area contributed by atoms with Crippen LogP contribution in [0.25, 0.3) is 11.0 Å². The number of fused-ring (bicyclic) bond motifs is 3. The molecular weight excluding hydrogens is 428 g/mol. The molecule has 2 aliphatic heterocycles. The topological polar surface area (TPSA) is 88.2 Å². The lowest BCUT2D eigenvalue weighted by atomic mass is 9.95. The van der Waals surface area contributed by atoms with Crippen molar-refractivity contribution < 1.29 is 9.90 Å². The Morgan fingerprint density at radius 2 is 2.09 bits per heavy atom. The Labute approximate surface area is 192 Å².